The average Bonchev–Trinajstić information content (AvgIpc) is 3.07. The summed E-state index contributed by atoms with van der Waals surface area (Å²) in [5.41, 5.74) is 5.46. The van der Waals surface area contributed by atoms with Gasteiger partial charge in [-0.3, -0.25) is 4.79 Å². The molecular formula is C21H22N4O3S. The highest BCUT2D eigenvalue weighted by molar-refractivity contribution is 7.99. The van der Waals surface area contributed by atoms with Gasteiger partial charge in [-0.2, -0.15) is 0 Å². The van der Waals surface area contributed by atoms with Gasteiger partial charge in [-0.1, -0.05) is 11.8 Å². The van der Waals surface area contributed by atoms with Gasteiger partial charge in [0.05, 0.1) is 18.4 Å². The Morgan fingerprint density at radius 3 is 2.69 bits per heavy atom. The highest BCUT2D eigenvalue weighted by Crippen LogP contribution is 2.29. The summed E-state index contributed by atoms with van der Waals surface area (Å²) >= 11 is 1.36. The number of ether oxygens (including phenoxy) is 1. The van der Waals surface area contributed by atoms with Crippen molar-refractivity contribution in [2.75, 3.05) is 19.4 Å². The number of thioether (sulfide) groups is 1. The number of hydrogen-bond donors (Lipinski definition) is 1. The monoisotopic (exact) mass is 410 g/mol. The Morgan fingerprint density at radius 1 is 1.21 bits per heavy atom. The zero-order valence-corrected chi connectivity index (χ0v) is 17.4. The van der Waals surface area contributed by atoms with Crippen LogP contribution in [0.1, 0.15) is 33.0 Å². The maximum Gasteiger partial charge on any atom is 0.337 e. The predicted molar refractivity (Wildman–Crippen MR) is 111 cm³/mol. The van der Waals surface area contributed by atoms with E-state index in [-0.39, 0.29) is 11.9 Å². The molecule has 0 atom stereocenters. The van der Waals surface area contributed by atoms with Gasteiger partial charge in [-0.25, -0.2) is 14.8 Å². The van der Waals surface area contributed by atoms with Crippen molar-refractivity contribution < 1.29 is 14.3 Å². The summed E-state index contributed by atoms with van der Waals surface area (Å²) in [5.74, 6) is -0.00844. The summed E-state index contributed by atoms with van der Waals surface area (Å²) in [5, 5.41) is 1.59. The fourth-order valence-corrected chi connectivity index (χ4v) is 4.50. The van der Waals surface area contributed by atoms with Gasteiger partial charge in [0.25, 0.3) is 0 Å². The number of aromatic nitrogens is 3. The second kappa shape index (κ2) is 7.87. The van der Waals surface area contributed by atoms with Crippen LogP contribution in [0.4, 0.5) is 0 Å². The van der Waals surface area contributed by atoms with Gasteiger partial charge in [0.1, 0.15) is 0 Å². The van der Waals surface area contributed by atoms with Gasteiger partial charge < -0.3 is 14.6 Å². The summed E-state index contributed by atoms with van der Waals surface area (Å²) in [6, 6.07) is 7.39. The van der Waals surface area contributed by atoms with E-state index >= 15 is 0 Å². The first-order valence-corrected chi connectivity index (χ1v) is 10.4. The minimum Gasteiger partial charge on any atom is -0.465 e. The molecule has 1 amide bonds. The number of hydrogen-bond acceptors (Lipinski definition) is 6. The van der Waals surface area contributed by atoms with E-state index in [4.69, 9.17) is 4.74 Å². The van der Waals surface area contributed by atoms with Crippen molar-refractivity contribution >= 4 is 34.5 Å². The lowest BCUT2D eigenvalue weighted by molar-refractivity contribution is -0.129. The second-order valence-electron chi connectivity index (χ2n) is 7.12. The maximum absolute atomic E-state index is 12.8. The van der Waals surface area contributed by atoms with Crippen LogP contribution in [0, 0.1) is 13.8 Å². The SMILES string of the molecule is COC(=O)c1ccc2[nH]c3c(c2c1)CN(C(=O)CSc1nc(C)cc(C)n1)CC3. The molecule has 1 aliphatic heterocycles. The van der Waals surface area contributed by atoms with Crippen molar-refractivity contribution in [3.63, 3.8) is 0 Å². The average molecular weight is 410 g/mol. The number of amides is 1. The lowest BCUT2D eigenvalue weighted by Gasteiger charge is -2.27. The van der Waals surface area contributed by atoms with Crippen LogP contribution in [0.25, 0.3) is 10.9 Å². The number of rotatable bonds is 4. The highest BCUT2D eigenvalue weighted by atomic mass is 32.2. The molecule has 0 radical (unpaired) electrons. The Kier molecular flexibility index (Phi) is 5.27. The van der Waals surface area contributed by atoms with E-state index in [1.807, 2.05) is 36.9 Å². The molecule has 29 heavy (non-hydrogen) atoms. The van der Waals surface area contributed by atoms with E-state index < -0.39 is 0 Å². The third-order valence-corrected chi connectivity index (χ3v) is 5.87. The zero-order valence-electron chi connectivity index (χ0n) is 16.6. The van der Waals surface area contributed by atoms with E-state index in [9.17, 15) is 9.59 Å². The molecule has 0 aliphatic carbocycles. The van der Waals surface area contributed by atoms with Crippen molar-refractivity contribution in [2.45, 2.75) is 32.0 Å². The lowest BCUT2D eigenvalue weighted by atomic mass is 10.0. The molecule has 0 saturated carbocycles. The summed E-state index contributed by atoms with van der Waals surface area (Å²) in [7, 11) is 1.37. The molecule has 150 valence electrons. The van der Waals surface area contributed by atoms with Crippen molar-refractivity contribution in [3.8, 4) is 0 Å². The normalized spacial score (nSPS) is 13.4. The zero-order chi connectivity index (χ0) is 20.5. The van der Waals surface area contributed by atoms with Gasteiger partial charge in [0.2, 0.25) is 5.91 Å². The van der Waals surface area contributed by atoms with E-state index in [1.54, 1.807) is 6.07 Å². The number of nitrogens with one attached hydrogen (secondary N) is 1. The predicted octanol–water partition coefficient (Wildman–Crippen LogP) is 3.04. The number of fused-ring (bicyclic) bond motifs is 3. The molecule has 0 saturated heterocycles. The molecule has 0 bridgehead atoms. The molecule has 8 heteroatoms. The van der Waals surface area contributed by atoms with Crippen LogP contribution in [0.15, 0.2) is 29.4 Å². The van der Waals surface area contributed by atoms with Gasteiger partial charge >= 0.3 is 5.97 Å². The number of benzene rings is 1. The summed E-state index contributed by atoms with van der Waals surface area (Å²) in [6.45, 7) is 5.03. The van der Waals surface area contributed by atoms with E-state index in [0.29, 0.717) is 29.6 Å². The number of H-pyrrole nitrogens is 1. The maximum atomic E-state index is 12.8. The van der Waals surface area contributed by atoms with E-state index in [1.165, 1.54) is 18.9 Å². The Hall–Kier alpha value is -2.87. The third kappa shape index (κ3) is 3.98. The molecule has 7 nitrogen and oxygen atoms in total. The fraction of sp³-hybridized carbons (Fsp3) is 0.333. The Bertz CT molecular complexity index is 1090. The van der Waals surface area contributed by atoms with Crippen LogP contribution in [0.2, 0.25) is 0 Å². The van der Waals surface area contributed by atoms with Gasteiger partial charge in [-0.15, -0.1) is 0 Å². The molecule has 3 heterocycles. The van der Waals surface area contributed by atoms with Crippen molar-refractivity contribution in [3.05, 3.63) is 52.5 Å². The Morgan fingerprint density at radius 2 is 1.97 bits per heavy atom. The smallest absolute Gasteiger partial charge is 0.337 e. The first kappa shape index (κ1) is 19.4. The first-order chi connectivity index (χ1) is 13.9. The molecule has 0 unspecified atom stereocenters. The van der Waals surface area contributed by atoms with Crippen LogP contribution >= 0.6 is 11.8 Å². The van der Waals surface area contributed by atoms with Crippen LogP contribution < -0.4 is 0 Å². The molecule has 1 N–H and O–H groups in total. The van der Waals surface area contributed by atoms with Crippen molar-refractivity contribution in [1.82, 2.24) is 19.9 Å². The summed E-state index contributed by atoms with van der Waals surface area (Å²) < 4.78 is 4.83. The summed E-state index contributed by atoms with van der Waals surface area (Å²) in [4.78, 5) is 38.7. The third-order valence-electron chi connectivity index (χ3n) is 5.04. The quantitative estimate of drug-likeness (QED) is 0.404. The molecular weight excluding hydrogens is 388 g/mol. The number of carbonyl (C=O) groups is 2. The lowest BCUT2D eigenvalue weighted by Crippen LogP contribution is -2.36. The van der Waals surface area contributed by atoms with Gasteiger partial charge in [-0.05, 0) is 38.1 Å². The van der Waals surface area contributed by atoms with Crippen LogP contribution in [0.5, 0.6) is 0 Å². The molecule has 2 aromatic heterocycles. The summed E-state index contributed by atoms with van der Waals surface area (Å²) in [6.07, 6.45) is 0.758. The Balaban J connectivity index is 1.51. The van der Waals surface area contributed by atoms with E-state index in [2.05, 4.69) is 15.0 Å². The van der Waals surface area contributed by atoms with Crippen molar-refractivity contribution in [2.24, 2.45) is 0 Å². The minimum atomic E-state index is -0.365. The fourth-order valence-electron chi connectivity index (χ4n) is 3.65. The van der Waals surface area contributed by atoms with Crippen LogP contribution in [0.3, 0.4) is 0 Å². The Labute approximate surface area is 172 Å². The standard InChI is InChI=1S/C21H22N4O3S/c1-12-8-13(2)23-21(22-12)29-11-19(26)25-7-6-18-16(10-25)15-9-14(20(27)28-3)4-5-17(15)24-18/h4-5,8-9,24H,6-7,10-11H2,1-3H3. The van der Waals surface area contributed by atoms with Gasteiger partial charge in [0, 0.05) is 53.1 Å². The van der Waals surface area contributed by atoms with Crippen LogP contribution in [-0.4, -0.2) is 51.1 Å². The topological polar surface area (TPSA) is 88.2 Å². The second-order valence-corrected chi connectivity index (χ2v) is 8.06. The number of esters is 1. The van der Waals surface area contributed by atoms with Crippen molar-refractivity contribution in [1.29, 1.82) is 0 Å². The molecule has 0 fully saturated rings. The van der Waals surface area contributed by atoms with E-state index in [0.717, 1.165) is 40.0 Å². The number of aryl methyl sites for hydroxylation is 2. The molecule has 0 spiro atoms. The van der Waals surface area contributed by atoms with Gasteiger partial charge in [0.15, 0.2) is 5.16 Å². The number of carbonyl (C=O) groups excluding carboxylic acids is 2. The number of aromatic amines is 1. The van der Waals surface area contributed by atoms with Crippen LogP contribution in [-0.2, 0) is 22.5 Å². The largest absolute Gasteiger partial charge is 0.465 e. The molecule has 4 rings (SSSR count). The number of nitrogens with zero attached hydrogens (tertiary/aromatic N) is 3. The minimum absolute atomic E-state index is 0.0573. The molecule has 3 aromatic rings. The molecule has 1 aromatic carbocycles. The highest BCUT2D eigenvalue weighted by Gasteiger charge is 2.25. The number of methoxy groups -OCH3 is 1. The molecule has 1 aliphatic rings. The first-order valence-electron chi connectivity index (χ1n) is 9.39.